The van der Waals surface area contributed by atoms with Gasteiger partial charge in [-0.1, -0.05) is 12.1 Å². The van der Waals surface area contributed by atoms with Crippen molar-refractivity contribution in [1.82, 2.24) is 15.1 Å². The van der Waals surface area contributed by atoms with Gasteiger partial charge in [0.1, 0.15) is 5.75 Å². The maximum atomic E-state index is 12.0. The molecule has 20 heavy (non-hydrogen) atoms. The van der Waals surface area contributed by atoms with E-state index in [1.807, 2.05) is 36.1 Å². The number of hydrogen-bond acceptors (Lipinski definition) is 3. The fourth-order valence-electron chi connectivity index (χ4n) is 1.96. The molecule has 0 radical (unpaired) electrons. The van der Waals surface area contributed by atoms with Crippen LogP contribution < -0.4 is 10.1 Å². The van der Waals surface area contributed by atoms with Crippen LogP contribution in [0, 0.1) is 6.92 Å². The fourth-order valence-corrected chi connectivity index (χ4v) is 1.96. The fraction of sp³-hybridized carbons (Fsp3) is 0.333. The highest BCUT2D eigenvalue weighted by atomic mass is 16.5. The Morgan fingerprint density at radius 3 is 2.90 bits per heavy atom. The number of methoxy groups -OCH3 is 1. The number of para-hydroxylation sites is 1. The first kappa shape index (κ1) is 14.1. The van der Waals surface area contributed by atoms with Crippen molar-refractivity contribution in [2.24, 2.45) is 0 Å². The number of ether oxygens (including phenoxy) is 1. The standard InChI is InChI=1S/C15H19N3O2/c1-12-10-17-18(11-12)9-5-8-16-15(19)13-6-3-4-7-14(13)20-2/h3-4,6-7,10-11H,5,8-9H2,1-2H3,(H,16,19). The van der Waals surface area contributed by atoms with Crippen molar-refractivity contribution < 1.29 is 9.53 Å². The lowest BCUT2D eigenvalue weighted by molar-refractivity contribution is 0.0949. The van der Waals surface area contributed by atoms with Gasteiger partial charge >= 0.3 is 0 Å². The number of nitrogens with zero attached hydrogens (tertiary/aromatic N) is 2. The Morgan fingerprint density at radius 2 is 2.20 bits per heavy atom. The molecule has 1 N–H and O–H groups in total. The minimum absolute atomic E-state index is 0.112. The van der Waals surface area contributed by atoms with Gasteiger partial charge in [-0.15, -0.1) is 0 Å². The van der Waals surface area contributed by atoms with Gasteiger partial charge in [0.2, 0.25) is 0 Å². The van der Waals surface area contributed by atoms with Gasteiger partial charge in [0.05, 0.1) is 18.9 Å². The van der Waals surface area contributed by atoms with E-state index >= 15 is 0 Å². The maximum Gasteiger partial charge on any atom is 0.255 e. The highest BCUT2D eigenvalue weighted by Crippen LogP contribution is 2.16. The predicted molar refractivity (Wildman–Crippen MR) is 76.9 cm³/mol. The summed E-state index contributed by atoms with van der Waals surface area (Å²) in [5.41, 5.74) is 1.70. The quantitative estimate of drug-likeness (QED) is 0.819. The first-order valence-corrected chi connectivity index (χ1v) is 6.61. The number of aromatic nitrogens is 2. The molecule has 1 aromatic carbocycles. The molecule has 0 saturated carbocycles. The topological polar surface area (TPSA) is 56.1 Å². The Labute approximate surface area is 118 Å². The number of amides is 1. The molecular formula is C15H19N3O2. The summed E-state index contributed by atoms with van der Waals surface area (Å²) in [5.74, 6) is 0.479. The van der Waals surface area contributed by atoms with Crippen molar-refractivity contribution in [3.05, 3.63) is 47.8 Å². The summed E-state index contributed by atoms with van der Waals surface area (Å²) in [4.78, 5) is 12.0. The van der Waals surface area contributed by atoms with Gasteiger partial charge in [-0.3, -0.25) is 9.48 Å². The molecule has 0 bridgehead atoms. The van der Waals surface area contributed by atoms with Crippen molar-refractivity contribution in [2.45, 2.75) is 19.9 Å². The summed E-state index contributed by atoms with van der Waals surface area (Å²) < 4.78 is 7.05. The van der Waals surface area contributed by atoms with E-state index in [-0.39, 0.29) is 5.91 Å². The van der Waals surface area contributed by atoms with E-state index in [2.05, 4.69) is 10.4 Å². The molecule has 0 aliphatic carbocycles. The van der Waals surface area contributed by atoms with Crippen molar-refractivity contribution in [1.29, 1.82) is 0 Å². The van der Waals surface area contributed by atoms with Crippen LogP contribution in [0.15, 0.2) is 36.7 Å². The molecule has 2 aromatic rings. The molecule has 1 aromatic heterocycles. The lowest BCUT2D eigenvalue weighted by Crippen LogP contribution is -2.25. The molecular weight excluding hydrogens is 254 g/mol. The zero-order chi connectivity index (χ0) is 14.4. The average Bonchev–Trinajstić information content (AvgIpc) is 2.89. The predicted octanol–water partition coefficient (Wildman–Crippen LogP) is 2.02. The van der Waals surface area contributed by atoms with E-state index in [0.717, 1.165) is 18.5 Å². The summed E-state index contributed by atoms with van der Waals surface area (Å²) in [7, 11) is 1.56. The van der Waals surface area contributed by atoms with E-state index in [1.165, 1.54) is 0 Å². The van der Waals surface area contributed by atoms with Crippen LogP contribution in [0.25, 0.3) is 0 Å². The molecule has 0 aliphatic rings. The Kier molecular flexibility index (Phi) is 4.76. The second-order valence-electron chi connectivity index (χ2n) is 4.59. The normalized spacial score (nSPS) is 10.3. The van der Waals surface area contributed by atoms with Gasteiger partial charge in [0.15, 0.2) is 0 Å². The summed E-state index contributed by atoms with van der Waals surface area (Å²) in [5, 5.41) is 7.09. The van der Waals surface area contributed by atoms with E-state index < -0.39 is 0 Å². The third-order valence-electron chi connectivity index (χ3n) is 2.96. The molecule has 0 aliphatic heterocycles. The van der Waals surface area contributed by atoms with Crippen LogP contribution in [-0.2, 0) is 6.54 Å². The van der Waals surface area contributed by atoms with Crippen molar-refractivity contribution in [3.63, 3.8) is 0 Å². The molecule has 1 amide bonds. The number of nitrogens with one attached hydrogen (secondary N) is 1. The lowest BCUT2D eigenvalue weighted by Gasteiger charge is -2.09. The molecule has 0 spiro atoms. The first-order chi connectivity index (χ1) is 9.70. The van der Waals surface area contributed by atoms with E-state index in [1.54, 1.807) is 19.2 Å². The summed E-state index contributed by atoms with van der Waals surface area (Å²) >= 11 is 0. The van der Waals surface area contributed by atoms with Gasteiger partial charge in [0, 0.05) is 19.3 Å². The third kappa shape index (κ3) is 3.60. The zero-order valence-electron chi connectivity index (χ0n) is 11.8. The van der Waals surface area contributed by atoms with Crippen LogP contribution in [-0.4, -0.2) is 29.3 Å². The van der Waals surface area contributed by atoms with Gasteiger partial charge in [-0.25, -0.2) is 0 Å². The van der Waals surface area contributed by atoms with Crippen molar-refractivity contribution in [3.8, 4) is 5.75 Å². The highest BCUT2D eigenvalue weighted by molar-refractivity contribution is 5.96. The highest BCUT2D eigenvalue weighted by Gasteiger charge is 2.10. The minimum atomic E-state index is -0.112. The molecule has 2 rings (SSSR count). The Bertz CT molecular complexity index is 578. The molecule has 1 heterocycles. The molecule has 0 fully saturated rings. The Balaban J connectivity index is 1.80. The van der Waals surface area contributed by atoms with Gasteiger partial charge in [-0.2, -0.15) is 5.10 Å². The van der Waals surface area contributed by atoms with Crippen LogP contribution in [0.2, 0.25) is 0 Å². The van der Waals surface area contributed by atoms with E-state index in [9.17, 15) is 4.79 Å². The molecule has 5 nitrogen and oxygen atoms in total. The monoisotopic (exact) mass is 273 g/mol. The Hall–Kier alpha value is -2.30. The first-order valence-electron chi connectivity index (χ1n) is 6.61. The smallest absolute Gasteiger partial charge is 0.255 e. The van der Waals surface area contributed by atoms with Gasteiger partial charge in [-0.05, 0) is 31.0 Å². The van der Waals surface area contributed by atoms with E-state index in [0.29, 0.717) is 17.9 Å². The molecule has 106 valence electrons. The molecule has 5 heteroatoms. The second-order valence-corrected chi connectivity index (χ2v) is 4.59. The number of rotatable bonds is 6. The third-order valence-corrected chi connectivity index (χ3v) is 2.96. The SMILES string of the molecule is COc1ccccc1C(=O)NCCCn1cc(C)cn1. The largest absolute Gasteiger partial charge is 0.496 e. The van der Waals surface area contributed by atoms with E-state index in [4.69, 9.17) is 4.74 Å². The number of aryl methyl sites for hydroxylation is 2. The Morgan fingerprint density at radius 1 is 1.40 bits per heavy atom. The summed E-state index contributed by atoms with van der Waals surface area (Å²) in [6, 6.07) is 7.20. The average molecular weight is 273 g/mol. The molecule has 0 saturated heterocycles. The van der Waals surface area contributed by atoms with Gasteiger partial charge in [0.25, 0.3) is 5.91 Å². The lowest BCUT2D eigenvalue weighted by atomic mass is 10.2. The zero-order valence-corrected chi connectivity index (χ0v) is 11.8. The minimum Gasteiger partial charge on any atom is -0.496 e. The van der Waals surface area contributed by atoms with Crippen LogP contribution >= 0.6 is 0 Å². The number of carbonyl (C=O) groups is 1. The maximum absolute atomic E-state index is 12.0. The number of hydrogen-bond donors (Lipinski definition) is 1. The van der Waals surface area contributed by atoms with Crippen LogP contribution in [0.1, 0.15) is 22.3 Å². The summed E-state index contributed by atoms with van der Waals surface area (Å²) in [6.07, 6.45) is 4.65. The second kappa shape index (κ2) is 6.75. The van der Waals surface area contributed by atoms with Crippen molar-refractivity contribution in [2.75, 3.05) is 13.7 Å². The summed E-state index contributed by atoms with van der Waals surface area (Å²) in [6.45, 7) is 3.41. The molecule has 0 unspecified atom stereocenters. The number of carbonyl (C=O) groups excluding carboxylic acids is 1. The number of benzene rings is 1. The van der Waals surface area contributed by atoms with Crippen LogP contribution in [0.4, 0.5) is 0 Å². The van der Waals surface area contributed by atoms with Gasteiger partial charge < -0.3 is 10.1 Å². The van der Waals surface area contributed by atoms with Crippen LogP contribution in [0.3, 0.4) is 0 Å². The van der Waals surface area contributed by atoms with Crippen LogP contribution in [0.5, 0.6) is 5.75 Å². The van der Waals surface area contributed by atoms with Crippen molar-refractivity contribution >= 4 is 5.91 Å². The molecule has 0 atom stereocenters.